The van der Waals surface area contributed by atoms with Crippen molar-refractivity contribution in [2.75, 3.05) is 11.9 Å². The molecule has 0 unspecified atom stereocenters. The molecule has 2 aliphatic heterocycles. The third kappa shape index (κ3) is 1.46. The molecule has 2 aliphatic rings. The Labute approximate surface area is 98.7 Å². The van der Waals surface area contributed by atoms with Crippen molar-refractivity contribution < 1.29 is 15.0 Å². The van der Waals surface area contributed by atoms with Crippen LogP contribution in [0.4, 0.5) is 5.69 Å². The molecule has 5 nitrogen and oxygen atoms in total. The van der Waals surface area contributed by atoms with Crippen molar-refractivity contribution >= 4 is 11.6 Å². The zero-order valence-electron chi connectivity index (χ0n) is 9.26. The molecule has 3 N–H and O–H groups in total. The number of nitrogens with zero attached hydrogens (tertiary/aromatic N) is 1. The van der Waals surface area contributed by atoms with E-state index in [0.717, 1.165) is 12.8 Å². The number of phenols is 1. The first-order valence-electron chi connectivity index (χ1n) is 5.76. The standard InChI is InChI=1S/C12H14N2O3/c15-9-5-1-3-7-10(9)13-11(16)8-4-2-6-14(8)12(7)17/h1,3,5,8,11,13,15-16H,2,4,6H2/t8-,11-/m0/s1. The summed E-state index contributed by atoms with van der Waals surface area (Å²) < 4.78 is 0. The molecule has 2 atom stereocenters. The second kappa shape index (κ2) is 3.63. The molecular weight excluding hydrogens is 220 g/mol. The maximum absolute atomic E-state index is 12.3. The highest BCUT2D eigenvalue weighted by Gasteiger charge is 2.38. The maximum atomic E-state index is 12.3. The van der Waals surface area contributed by atoms with Crippen LogP contribution in [0.25, 0.3) is 0 Å². The van der Waals surface area contributed by atoms with Gasteiger partial charge in [-0.25, -0.2) is 0 Å². The lowest BCUT2D eigenvalue weighted by Crippen LogP contribution is -2.43. The molecule has 1 aromatic rings. The van der Waals surface area contributed by atoms with E-state index in [1.54, 1.807) is 17.0 Å². The number of carbonyl (C=O) groups excluding carboxylic acids is 1. The van der Waals surface area contributed by atoms with Gasteiger partial charge in [0, 0.05) is 6.54 Å². The number of fused-ring (bicyclic) bond motifs is 2. The Bertz CT molecular complexity index is 475. The smallest absolute Gasteiger partial charge is 0.256 e. The summed E-state index contributed by atoms with van der Waals surface area (Å²) >= 11 is 0. The number of aromatic hydroxyl groups is 1. The third-order valence-electron chi connectivity index (χ3n) is 3.49. The molecule has 90 valence electrons. The number of nitrogens with one attached hydrogen (secondary N) is 1. The van der Waals surface area contributed by atoms with E-state index in [0.29, 0.717) is 17.8 Å². The van der Waals surface area contributed by atoms with E-state index >= 15 is 0 Å². The van der Waals surface area contributed by atoms with Crippen LogP contribution < -0.4 is 5.32 Å². The quantitative estimate of drug-likeness (QED) is 0.579. The van der Waals surface area contributed by atoms with Gasteiger partial charge in [-0.1, -0.05) is 6.07 Å². The predicted molar refractivity (Wildman–Crippen MR) is 61.8 cm³/mol. The summed E-state index contributed by atoms with van der Waals surface area (Å²) in [5.74, 6) is -0.126. The van der Waals surface area contributed by atoms with Crippen molar-refractivity contribution in [3.05, 3.63) is 23.8 Å². The predicted octanol–water partition coefficient (Wildman–Crippen LogP) is 0.741. The van der Waals surface area contributed by atoms with Crippen LogP contribution in [0.1, 0.15) is 23.2 Å². The lowest BCUT2D eigenvalue weighted by atomic mass is 10.1. The minimum Gasteiger partial charge on any atom is -0.506 e. The summed E-state index contributed by atoms with van der Waals surface area (Å²) in [6, 6.07) is 4.60. The molecule has 3 rings (SSSR count). The monoisotopic (exact) mass is 234 g/mol. The molecule has 0 aliphatic carbocycles. The Morgan fingerprint density at radius 2 is 2.24 bits per heavy atom. The number of hydrogen-bond acceptors (Lipinski definition) is 4. The van der Waals surface area contributed by atoms with Gasteiger partial charge in [0.05, 0.1) is 17.3 Å². The van der Waals surface area contributed by atoms with Gasteiger partial charge in [-0.15, -0.1) is 0 Å². The Morgan fingerprint density at radius 1 is 1.41 bits per heavy atom. The van der Waals surface area contributed by atoms with Gasteiger partial charge < -0.3 is 20.4 Å². The minimum atomic E-state index is -0.823. The fraction of sp³-hybridized carbons (Fsp3) is 0.417. The summed E-state index contributed by atoms with van der Waals surface area (Å²) in [6.45, 7) is 0.664. The number of carbonyl (C=O) groups is 1. The van der Waals surface area contributed by atoms with Crippen molar-refractivity contribution in [3.8, 4) is 5.75 Å². The minimum absolute atomic E-state index is 0.00364. The Balaban J connectivity index is 2.12. The van der Waals surface area contributed by atoms with Gasteiger partial charge in [-0.3, -0.25) is 4.79 Å². The number of amides is 1. The topological polar surface area (TPSA) is 72.8 Å². The average Bonchev–Trinajstić information content (AvgIpc) is 2.76. The Hall–Kier alpha value is -1.75. The first kappa shape index (κ1) is 10.4. The Kier molecular flexibility index (Phi) is 2.22. The largest absolute Gasteiger partial charge is 0.506 e. The van der Waals surface area contributed by atoms with Gasteiger partial charge in [0.15, 0.2) is 0 Å². The Morgan fingerprint density at radius 3 is 3.06 bits per heavy atom. The average molecular weight is 234 g/mol. The van der Waals surface area contributed by atoms with Crippen molar-refractivity contribution in [3.63, 3.8) is 0 Å². The second-order valence-electron chi connectivity index (χ2n) is 4.50. The SMILES string of the molecule is O=C1c2cccc(O)c2N[C@@H](O)[C@@H]2CCCN12. The van der Waals surface area contributed by atoms with E-state index in [1.807, 2.05) is 0 Å². The third-order valence-corrected chi connectivity index (χ3v) is 3.49. The van der Waals surface area contributed by atoms with Crippen molar-refractivity contribution in [1.29, 1.82) is 0 Å². The molecule has 17 heavy (non-hydrogen) atoms. The van der Waals surface area contributed by atoms with Crippen molar-refractivity contribution in [2.45, 2.75) is 25.1 Å². The van der Waals surface area contributed by atoms with Gasteiger partial charge >= 0.3 is 0 Å². The molecular formula is C12H14N2O3. The zero-order valence-corrected chi connectivity index (χ0v) is 9.26. The van der Waals surface area contributed by atoms with E-state index in [2.05, 4.69) is 5.32 Å². The maximum Gasteiger partial charge on any atom is 0.256 e. The van der Waals surface area contributed by atoms with Crippen LogP contribution in [-0.2, 0) is 0 Å². The number of aliphatic hydroxyl groups excluding tert-OH is 1. The van der Waals surface area contributed by atoms with Gasteiger partial charge in [-0.05, 0) is 25.0 Å². The van der Waals surface area contributed by atoms with Gasteiger partial charge in [0.2, 0.25) is 0 Å². The number of para-hydroxylation sites is 1. The van der Waals surface area contributed by atoms with Gasteiger partial charge in [-0.2, -0.15) is 0 Å². The summed E-state index contributed by atoms with van der Waals surface area (Å²) in [6.07, 6.45) is 0.869. The van der Waals surface area contributed by atoms with Crippen LogP contribution in [0.3, 0.4) is 0 Å². The molecule has 1 saturated heterocycles. The summed E-state index contributed by atoms with van der Waals surface area (Å²) in [5.41, 5.74) is 0.757. The van der Waals surface area contributed by atoms with Crippen LogP contribution in [0.2, 0.25) is 0 Å². The number of anilines is 1. The van der Waals surface area contributed by atoms with E-state index < -0.39 is 6.23 Å². The number of rotatable bonds is 0. The normalized spacial score (nSPS) is 27.1. The number of aliphatic hydroxyl groups is 1. The molecule has 0 bridgehead atoms. The van der Waals surface area contributed by atoms with Gasteiger partial charge in [0.1, 0.15) is 12.0 Å². The van der Waals surface area contributed by atoms with E-state index in [4.69, 9.17) is 0 Å². The number of hydrogen-bond donors (Lipinski definition) is 3. The molecule has 1 amide bonds. The summed E-state index contributed by atoms with van der Waals surface area (Å²) in [5, 5.41) is 22.6. The summed E-state index contributed by atoms with van der Waals surface area (Å²) in [4.78, 5) is 14.0. The highest BCUT2D eigenvalue weighted by molar-refractivity contribution is 6.02. The van der Waals surface area contributed by atoms with Crippen LogP contribution in [0.15, 0.2) is 18.2 Å². The highest BCUT2D eigenvalue weighted by Crippen LogP contribution is 2.35. The van der Waals surface area contributed by atoms with Crippen LogP contribution in [0.5, 0.6) is 5.75 Å². The zero-order chi connectivity index (χ0) is 12.0. The lowest BCUT2D eigenvalue weighted by molar-refractivity contribution is 0.0581. The molecule has 0 aromatic heterocycles. The first-order valence-corrected chi connectivity index (χ1v) is 5.76. The first-order chi connectivity index (χ1) is 8.18. The van der Waals surface area contributed by atoms with Gasteiger partial charge in [0.25, 0.3) is 5.91 Å². The van der Waals surface area contributed by atoms with E-state index in [9.17, 15) is 15.0 Å². The molecule has 1 aromatic carbocycles. The van der Waals surface area contributed by atoms with Crippen LogP contribution in [-0.4, -0.2) is 39.8 Å². The molecule has 0 saturated carbocycles. The van der Waals surface area contributed by atoms with Crippen molar-refractivity contribution in [1.82, 2.24) is 4.90 Å². The van der Waals surface area contributed by atoms with E-state index in [1.165, 1.54) is 6.07 Å². The molecule has 2 heterocycles. The molecule has 1 fully saturated rings. The van der Waals surface area contributed by atoms with Crippen molar-refractivity contribution in [2.24, 2.45) is 0 Å². The number of benzene rings is 1. The molecule has 0 radical (unpaired) electrons. The lowest BCUT2D eigenvalue weighted by Gasteiger charge is -2.25. The number of phenolic OH excluding ortho intramolecular Hbond substituents is 1. The molecule has 0 spiro atoms. The van der Waals surface area contributed by atoms with Crippen LogP contribution in [0, 0.1) is 0 Å². The van der Waals surface area contributed by atoms with E-state index in [-0.39, 0.29) is 17.7 Å². The molecule has 5 heteroatoms. The second-order valence-corrected chi connectivity index (χ2v) is 4.50. The fourth-order valence-electron chi connectivity index (χ4n) is 2.64. The fourth-order valence-corrected chi connectivity index (χ4v) is 2.64. The highest BCUT2D eigenvalue weighted by atomic mass is 16.3. The van der Waals surface area contributed by atoms with Crippen LogP contribution >= 0.6 is 0 Å². The summed E-state index contributed by atoms with van der Waals surface area (Å²) in [7, 11) is 0.